The van der Waals surface area contributed by atoms with Gasteiger partial charge in [0.05, 0.1) is 16.9 Å². The Kier molecular flexibility index (Phi) is 4.23. The molecule has 1 aliphatic rings. The van der Waals surface area contributed by atoms with Crippen LogP contribution in [-0.4, -0.2) is 22.2 Å². The van der Waals surface area contributed by atoms with E-state index in [1.54, 1.807) is 12.3 Å². The molecule has 0 atom stereocenters. The van der Waals surface area contributed by atoms with Gasteiger partial charge in [0.2, 0.25) is 0 Å². The van der Waals surface area contributed by atoms with Crippen molar-refractivity contribution in [2.45, 2.75) is 44.1 Å². The Morgan fingerprint density at radius 2 is 2.05 bits per heavy atom. The highest BCUT2D eigenvalue weighted by atomic mass is 16.3. The van der Waals surface area contributed by atoms with E-state index in [1.165, 1.54) is 12.8 Å². The second-order valence-electron chi connectivity index (χ2n) is 5.22. The lowest BCUT2D eigenvalue weighted by Crippen LogP contribution is -2.36. The predicted molar refractivity (Wildman–Crippen MR) is 74.5 cm³/mol. The number of nitrogens with one attached hydrogen (secondary N) is 1. The standard InChI is InChI=1S/C14H20N4O/c15-9-11-5-8-17-13(12(11)16)18-10-14(19)6-3-1-2-4-7-14/h5,8,19H,1-4,6-7,10,16H2,(H,17,18). The monoisotopic (exact) mass is 260 g/mol. The molecule has 0 aromatic carbocycles. The number of nitrogens with two attached hydrogens (primary N) is 1. The van der Waals surface area contributed by atoms with Crippen LogP contribution >= 0.6 is 0 Å². The normalized spacial score (nSPS) is 18.3. The first-order chi connectivity index (χ1) is 9.14. The lowest BCUT2D eigenvalue weighted by molar-refractivity contribution is 0.0381. The number of aromatic nitrogens is 1. The van der Waals surface area contributed by atoms with Crippen molar-refractivity contribution in [1.82, 2.24) is 4.98 Å². The molecule has 0 aliphatic heterocycles. The summed E-state index contributed by atoms with van der Waals surface area (Å²) < 4.78 is 0. The van der Waals surface area contributed by atoms with Crippen LogP contribution in [0.4, 0.5) is 11.5 Å². The third-order valence-corrected chi connectivity index (χ3v) is 3.73. The Balaban J connectivity index is 2.04. The van der Waals surface area contributed by atoms with Crippen LogP contribution in [0.25, 0.3) is 0 Å². The molecule has 0 spiro atoms. The van der Waals surface area contributed by atoms with E-state index in [1.807, 2.05) is 6.07 Å². The average molecular weight is 260 g/mol. The summed E-state index contributed by atoms with van der Waals surface area (Å²) in [6.07, 6.45) is 7.64. The molecular weight excluding hydrogens is 240 g/mol. The molecule has 102 valence electrons. The zero-order chi connectivity index (χ0) is 13.7. The summed E-state index contributed by atoms with van der Waals surface area (Å²) in [6.45, 7) is 0.430. The quantitative estimate of drug-likeness (QED) is 0.723. The number of hydrogen-bond acceptors (Lipinski definition) is 5. The molecular formula is C14H20N4O. The molecule has 5 heteroatoms. The van der Waals surface area contributed by atoms with Crippen LogP contribution in [-0.2, 0) is 0 Å². The predicted octanol–water partition coefficient (Wildman–Crippen LogP) is 2.03. The Hall–Kier alpha value is -1.80. The maximum Gasteiger partial charge on any atom is 0.150 e. The van der Waals surface area contributed by atoms with Crippen LogP contribution in [0.5, 0.6) is 0 Å². The highest BCUT2D eigenvalue weighted by molar-refractivity contribution is 5.68. The van der Waals surface area contributed by atoms with Crippen molar-refractivity contribution in [3.05, 3.63) is 17.8 Å². The molecule has 2 rings (SSSR count). The molecule has 0 radical (unpaired) electrons. The van der Waals surface area contributed by atoms with Crippen molar-refractivity contribution >= 4 is 11.5 Å². The van der Waals surface area contributed by atoms with Crippen molar-refractivity contribution in [3.63, 3.8) is 0 Å². The topological polar surface area (TPSA) is 95.0 Å². The number of anilines is 2. The molecule has 0 bridgehead atoms. The third-order valence-electron chi connectivity index (χ3n) is 3.73. The van der Waals surface area contributed by atoms with Crippen molar-refractivity contribution in [1.29, 1.82) is 5.26 Å². The Morgan fingerprint density at radius 1 is 1.37 bits per heavy atom. The zero-order valence-electron chi connectivity index (χ0n) is 11.0. The van der Waals surface area contributed by atoms with Crippen LogP contribution in [0, 0.1) is 11.3 Å². The lowest BCUT2D eigenvalue weighted by atomic mass is 9.94. The molecule has 1 heterocycles. The second-order valence-corrected chi connectivity index (χ2v) is 5.22. The van der Waals surface area contributed by atoms with E-state index >= 15 is 0 Å². The van der Waals surface area contributed by atoms with Gasteiger partial charge in [-0.3, -0.25) is 0 Å². The van der Waals surface area contributed by atoms with E-state index in [-0.39, 0.29) is 0 Å². The highest BCUT2D eigenvalue weighted by Crippen LogP contribution is 2.28. The number of hydrogen-bond donors (Lipinski definition) is 3. The molecule has 0 saturated heterocycles. The van der Waals surface area contributed by atoms with Gasteiger partial charge in [-0.05, 0) is 18.9 Å². The summed E-state index contributed by atoms with van der Waals surface area (Å²) in [6, 6.07) is 3.61. The SMILES string of the molecule is N#Cc1ccnc(NCC2(O)CCCCCC2)c1N. The highest BCUT2D eigenvalue weighted by Gasteiger charge is 2.28. The fourth-order valence-electron chi connectivity index (χ4n) is 2.52. The maximum absolute atomic E-state index is 10.5. The van der Waals surface area contributed by atoms with Crippen molar-refractivity contribution in [2.24, 2.45) is 0 Å². The van der Waals surface area contributed by atoms with Gasteiger partial charge >= 0.3 is 0 Å². The van der Waals surface area contributed by atoms with E-state index in [4.69, 9.17) is 11.0 Å². The van der Waals surface area contributed by atoms with Crippen LogP contribution < -0.4 is 11.1 Å². The summed E-state index contributed by atoms with van der Waals surface area (Å²) in [7, 11) is 0. The van der Waals surface area contributed by atoms with Gasteiger partial charge in [-0.15, -0.1) is 0 Å². The molecule has 0 amide bonds. The van der Waals surface area contributed by atoms with Crippen LogP contribution in [0.15, 0.2) is 12.3 Å². The Bertz CT molecular complexity index is 473. The minimum atomic E-state index is -0.687. The van der Waals surface area contributed by atoms with Gasteiger partial charge in [0.25, 0.3) is 0 Å². The first-order valence-corrected chi connectivity index (χ1v) is 6.75. The molecule has 1 saturated carbocycles. The number of aliphatic hydroxyl groups is 1. The van der Waals surface area contributed by atoms with E-state index in [0.717, 1.165) is 25.7 Å². The van der Waals surface area contributed by atoms with Crippen LogP contribution in [0.1, 0.15) is 44.1 Å². The van der Waals surface area contributed by atoms with Crippen LogP contribution in [0.3, 0.4) is 0 Å². The van der Waals surface area contributed by atoms with Gasteiger partial charge in [0.1, 0.15) is 6.07 Å². The molecule has 1 aliphatic carbocycles. The van der Waals surface area contributed by atoms with Crippen molar-refractivity contribution in [3.8, 4) is 6.07 Å². The Morgan fingerprint density at radius 3 is 2.68 bits per heavy atom. The second kappa shape index (κ2) is 5.89. The zero-order valence-corrected chi connectivity index (χ0v) is 11.0. The molecule has 1 fully saturated rings. The van der Waals surface area contributed by atoms with Gasteiger partial charge in [-0.1, -0.05) is 25.7 Å². The summed E-state index contributed by atoms with van der Waals surface area (Å²) in [5, 5.41) is 22.5. The fourth-order valence-corrected chi connectivity index (χ4v) is 2.52. The van der Waals surface area contributed by atoms with E-state index in [9.17, 15) is 5.11 Å². The first-order valence-electron chi connectivity index (χ1n) is 6.75. The lowest BCUT2D eigenvalue weighted by Gasteiger charge is -2.27. The van der Waals surface area contributed by atoms with Crippen molar-refractivity contribution < 1.29 is 5.11 Å². The Labute approximate surface area is 113 Å². The molecule has 5 nitrogen and oxygen atoms in total. The fraction of sp³-hybridized carbons (Fsp3) is 0.571. The van der Waals surface area contributed by atoms with Crippen LogP contribution in [0.2, 0.25) is 0 Å². The smallest absolute Gasteiger partial charge is 0.150 e. The summed E-state index contributed by atoms with van der Waals surface area (Å²) in [5.41, 5.74) is 5.92. The maximum atomic E-state index is 10.5. The number of nitrogen functional groups attached to an aromatic ring is 1. The number of nitrogens with zero attached hydrogens (tertiary/aromatic N) is 2. The van der Waals surface area contributed by atoms with E-state index < -0.39 is 5.60 Å². The number of rotatable bonds is 3. The molecule has 19 heavy (non-hydrogen) atoms. The third kappa shape index (κ3) is 3.36. The van der Waals surface area contributed by atoms with Gasteiger partial charge in [-0.25, -0.2) is 4.98 Å². The average Bonchev–Trinajstić information content (AvgIpc) is 2.63. The van der Waals surface area contributed by atoms with Gasteiger partial charge in [0.15, 0.2) is 5.82 Å². The van der Waals surface area contributed by atoms with Crippen molar-refractivity contribution in [2.75, 3.05) is 17.6 Å². The summed E-state index contributed by atoms with van der Waals surface area (Å²) in [5.74, 6) is 0.483. The first kappa shape index (κ1) is 13.6. The summed E-state index contributed by atoms with van der Waals surface area (Å²) in [4.78, 5) is 4.13. The molecule has 1 aromatic rings. The molecule has 0 unspecified atom stereocenters. The van der Waals surface area contributed by atoms with E-state index in [0.29, 0.717) is 23.6 Å². The summed E-state index contributed by atoms with van der Waals surface area (Å²) >= 11 is 0. The van der Waals surface area contributed by atoms with Gasteiger partial charge in [-0.2, -0.15) is 5.26 Å². The minimum absolute atomic E-state index is 0.349. The number of nitriles is 1. The van der Waals surface area contributed by atoms with Gasteiger partial charge in [0, 0.05) is 12.7 Å². The largest absolute Gasteiger partial charge is 0.395 e. The molecule has 1 aromatic heterocycles. The minimum Gasteiger partial charge on any atom is -0.395 e. The number of pyridine rings is 1. The van der Waals surface area contributed by atoms with Gasteiger partial charge < -0.3 is 16.2 Å². The van der Waals surface area contributed by atoms with E-state index in [2.05, 4.69) is 10.3 Å². The molecule has 4 N–H and O–H groups in total.